The number of rotatable bonds is 9. The van der Waals surface area contributed by atoms with Gasteiger partial charge in [-0.2, -0.15) is 0 Å². The number of carbonyl (C=O) groups is 1. The fourth-order valence-electron chi connectivity index (χ4n) is 3.39. The molecule has 154 valence electrons. The molecule has 3 rings (SSSR count). The maximum atomic E-state index is 13.2. The van der Waals surface area contributed by atoms with Crippen molar-refractivity contribution in [1.82, 2.24) is 9.72 Å². The first-order chi connectivity index (χ1) is 13.9. The average molecular weight is 393 g/mol. The summed E-state index contributed by atoms with van der Waals surface area (Å²) in [7, 11) is 0. The van der Waals surface area contributed by atoms with E-state index in [2.05, 4.69) is 39.1 Å². The molecule has 0 saturated carbocycles. The molecule has 0 aliphatic rings. The van der Waals surface area contributed by atoms with Gasteiger partial charge in [0.15, 0.2) is 0 Å². The molecule has 0 saturated heterocycles. The molecule has 2 heterocycles. The summed E-state index contributed by atoms with van der Waals surface area (Å²) >= 11 is 0. The summed E-state index contributed by atoms with van der Waals surface area (Å²) in [5, 5.41) is 3.45. The molecule has 0 atom stereocenters. The first-order valence-corrected chi connectivity index (χ1v) is 10.5. The van der Waals surface area contributed by atoms with Crippen LogP contribution in [0.1, 0.15) is 55.7 Å². The van der Waals surface area contributed by atoms with E-state index in [4.69, 9.17) is 4.74 Å². The van der Waals surface area contributed by atoms with E-state index < -0.39 is 0 Å². The smallest absolute Gasteiger partial charge is 0.210 e. The monoisotopic (exact) mass is 392 g/mol. The molecule has 0 fully saturated rings. The van der Waals surface area contributed by atoms with Crippen molar-refractivity contribution in [2.24, 2.45) is 5.41 Å². The number of fused-ring (bicyclic) bond motifs is 1. The predicted molar refractivity (Wildman–Crippen MR) is 119 cm³/mol. The Bertz CT molecular complexity index is 949. The zero-order chi connectivity index (χ0) is 20.9. The Morgan fingerprint density at radius 1 is 1.10 bits per heavy atom. The fourth-order valence-corrected chi connectivity index (χ4v) is 3.39. The Morgan fingerprint density at radius 3 is 2.55 bits per heavy atom. The van der Waals surface area contributed by atoms with Gasteiger partial charge in [0.1, 0.15) is 5.75 Å². The summed E-state index contributed by atoms with van der Waals surface area (Å²) in [4.78, 5) is 13.2. The third-order valence-corrected chi connectivity index (χ3v) is 4.89. The van der Waals surface area contributed by atoms with Crippen LogP contribution in [0.5, 0.6) is 5.75 Å². The quantitative estimate of drug-likeness (QED) is 0.405. The van der Waals surface area contributed by atoms with Crippen LogP contribution < -0.4 is 10.1 Å². The molecule has 0 radical (unpaired) electrons. The number of hydrogen-bond acceptors (Lipinski definition) is 3. The van der Waals surface area contributed by atoms with E-state index in [1.165, 1.54) is 0 Å². The highest BCUT2D eigenvalue weighted by Crippen LogP contribution is 2.22. The number of aromatic nitrogens is 1. The average Bonchev–Trinajstić information content (AvgIpc) is 3.08. The van der Waals surface area contributed by atoms with Crippen LogP contribution in [-0.4, -0.2) is 29.9 Å². The van der Waals surface area contributed by atoms with E-state index in [1.807, 2.05) is 53.1 Å². The van der Waals surface area contributed by atoms with E-state index in [1.54, 1.807) is 0 Å². The van der Waals surface area contributed by atoms with Crippen LogP contribution in [0.25, 0.3) is 5.52 Å². The minimum Gasteiger partial charge on any atom is -0.494 e. The third kappa shape index (κ3) is 5.48. The fraction of sp³-hybridized carbons (Fsp3) is 0.400. The molecule has 0 amide bonds. The Hall–Kier alpha value is -2.59. The summed E-state index contributed by atoms with van der Waals surface area (Å²) in [5.74, 6) is 0.846. The molecule has 0 unspecified atom stereocenters. The summed E-state index contributed by atoms with van der Waals surface area (Å²) in [6.07, 6.45) is 3.73. The van der Waals surface area contributed by atoms with Crippen LogP contribution in [0.2, 0.25) is 0 Å². The lowest BCUT2D eigenvalue weighted by atomic mass is 9.97. The van der Waals surface area contributed by atoms with Gasteiger partial charge >= 0.3 is 0 Å². The maximum Gasteiger partial charge on any atom is 0.210 e. The molecule has 0 spiro atoms. The molecule has 4 nitrogen and oxygen atoms in total. The van der Waals surface area contributed by atoms with Crippen LogP contribution in [0, 0.1) is 5.41 Å². The topological polar surface area (TPSA) is 42.7 Å². The molecule has 1 N–H and O–H groups in total. The summed E-state index contributed by atoms with van der Waals surface area (Å²) in [6, 6.07) is 15.6. The second kappa shape index (κ2) is 9.27. The Morgan fingerprint density at radius 2 is 1.86 bits per heavy atom. The van der Waals surface area contributed by atoms with Gasteiger partial charge in [-0.3, -0.25) is 4.79 Å². The van der Waals surface area contributed by atoms with Gasteiger partial charge in [0.2, 0.25) is 5.78 Å². The van der Waals surface area contributed by atoms with Gasteiger partial charge in [0.05, 0.1) is 12.3 Å². The van der Waals surface area contributed by atoms with E-state index in [0.717, 1.165) is 48.5 Å². The molecule has 2 aromatic heterocycles. The van der Waals surface area contributed by atoms with Crippen LogP contribution in [0.4, 0.5) is 0 Å². The SMILES string of the molecule is CCc1cc2ccccn2c1C(=O)c1ccc(OCCCNCC(C)(C)C)cc1. The van der Waals surface area contributed by atoms with Gasteiger partial charge in [-0.05, 0) is 79.4 Å². The number of carbonyl (C=O) groups excluding carboxylic acids is 1. The van der Waals surface area contributed by atoms with E-state index in [9.17, 15) is 4.79 Å². The molecule has 0 aliphatic carbocycles. The number of nitrogens with one attached hydrogen (secondary N) is 1. The number of pyridine rings is 1. The molecule has 0 bridgehead atoms. The molecular formula is C25H32N2O2. The Kier molecular flexibility index (Phi) is 6.75. The van der Waals surface area contributed by atoms with Gasteiger partial charge in [-0.1, -0.05) is 33.8 Å². The lowest BCUT2D eigenvalue weighted by Gasteiger charge is -2.18. The van der Waals surface area contributed by atoms with Crippen molar-refractivity contribution < 1.29 is 9.53 Å². The maximum absolute atomic E-state index is 13.2. The number of nitrogens with zero attached hydrogens (tertiary/aromatic N) is 1. The minimum absolute atomic E-state index is 0.0472. The standard InChI is InChI=1S/C25H32N2O2/c1-5-19-17-21-9-6-7-15-27(21)23(19)24(28)20-10-12-22(13-11-20)29-16-8-14-26-18-25(2,3)4/h6-7,9-13,15,17,26H,5,8,14,16,18H2,1-4H3. The van der Waals surface area contributed by atoms with E-state index >= 15 is 0 Å². The summed E-state index contributed by atoms with van der Waals surface area (Å²) in [5.41, 5.74) is 3.85. The molecule has 1 aromatic carbocycles. The van der Waals surface area contributed by atoms with Gasteiger partial charge in [0.25, 0.3) is 0 Å². The number of hydrogen-bond donors (Lipinski definition) is 1. The predicted octanol–water partition coefficient (Wildman–Crippen LogP) is 5.14. The zero-order valence-corrected chi connectivity index (χ0v) is 18.0. The molecular weight excluding hydrogens is 360 g/mol. The molecule has 29 heavy (non-hydrogen) atoms. The minimum atomic E-state index is 0.0472. The first kappa shape index (κ1) is 21.1. The van der Waals surface area contributed by atoms with Crippen molar-refractivity contribution in [3.8, 4) is 5.75 Å². The van der Waals surface area contributed by atoms with Gasteiger partial charge in [-0.25, -0.2) is 0 Å². The van der Waals surface area contributed by atoms with E-state index in [0.29, 0.717) is 17.6 Å². The third-order valence-electron chi connectivity index (χ3n) is 4.89. The normalized spacial score (nSPS) is 11.7. The zero-order valence-electron chi connectivity index (χ0n) is 18.0. The van der Waals surface area contributed by atoms with Crippen LogP contribution >= 0.6 is 0 Å². The van der Waals surface area contributed by atoms with Gasteiger partial charge in [0, 0.05) is 17.3 Å². The Labute approximate surface area is 173 Å². The van der Waals surface area contributed by atoms with Crippen LogP contribution in [0.3, 0.4) is 0 Å². The highest BCUT2D eigenvalue weighted by atomic mass is 16.5. The summed E-state index contributed by atoms with van der Waals surface area (Å²) in [6.45, 7) is 11.3. The largest absolute Gasteiger partial charge is 0.494 e. The highest BCUT2D eigenvalue weighted by Gasteiger charge is 2.18. The van der Waals surface area contributed by atoms with Crippen molar-refractivity contribution in [2.75, 3.05) is 19.7 Å². The van der Waals surface area contributed by atoms with Crippen molar-refractivity contribution in [1.29, 1.82) is 0 Å². The second-order valence-corrected chi connectivity index (χ2v) is 8.66. The highest BCUT2D eigenvalue weighted by molar-refractivity contribution is 6.09. The lowest BCUT2D eigenvalue weighted by Crippen LogP contribution is -2.28. The molecule has 3 aromatic rings. The van der Waals surface area contributed by atoms with Crippen molar-refractivity contribution >= 4 is 11.3 Å². The molecule has 0 aliphatic heterocycles. The number of ketones is 1. The van der Waals surface area contributed by atoms with E-state index in [-0.39, 0.29) is 5.78 Å². The summed E-state index contributed by atoms with van der Waals surface area (Å²) < 4.78 is 7.80. The lowest BCUT2D eigenvalue weighted by molar-refractivity contribution is 0.103. The number of aryl methyl sites for hydroxylation is 1. The van der Waals surface area contributed by atoms with Crippen molar-refractivity contribution in [3.63, 3.8) is 0 Å². The van der Waals surface area contributed by atoms with Gasteiger partial charge < -0.3 is 14.5 Å². The van der Waals surface area contributed by atoms with Crippen molar-refractivity contribution in [2.45, 2.75) is 40.5 Å². The number of benzene rings is 1. The van der Waals surface area contributed by atoms with Gasteiger partial charge in [-0.15, -0.1) is 0 Å². The number of ether oxygens (including phenoxy) is 1. The molecule has 4 heteroatoms. The van der Waals surface area contributed by atoms with Crippen molar-refractivity contribution in [3.05, 3.63) is 71.5 Å². The second-order valence-electron chi connectivity index (χ2n) is 8.66. The Balaban J connectivity index is 1.60. The van der Waals surface area contributed by atoms with Crippen LogP contribution in [-0.2, 0) is 6.42 Å². The van der Waals surface area contributed by atoms with Crippen LogP contribution in [0.15, 0.2) is 54.7 Å². The first-order valence-electron chi connectivity index (χ1n) is 10.5.